The zero-order valence-electron chi connectivity index (χ0n) is 13.5. The second-order valence-electron chi connectivity index (χ2n) is 6.75. The monoisotopic (exact) mass is 306 g/mol. The molecule has 122 valence electrons. The van der Waals surface area contributed by atoms with Crippen molar-refractivity contribution < 1.29 is 14.6 Å². The Balaban J connectivity index is 1.67. The Morgan fingerprint density at radius 1 is 1.27 bits per heavy atom. The van der Waals surface area contributed by atoms with Crippen molar-refractivity contribution in [1.82, 2.24) is 4.98 Å². The van der Waals surface area contributed by atoms with Gasteiger partial charge in [-0.3, -0.25) is 0 Å². The van der Waals surface area contributed by atoms with Crippen LogP contribution in [0.3, 0.4) is 0 Å². The molecule has 2 fully saturated rings. The molecule has 0 amide bonds. The molecule has 0 bridgehead atoms. The third-order valence-corrected chi connectivity index (χ3v) is 4.56. The zero-order valence-corrected chi connectivity index (χ0v) is 13.5. The van der Waals surface area contributed by atoms with Crippen molar-refractivity contribution in [2.75, 3.05) is 31.2 Å². The molecule has 1 aliphatic heterocycles. The number of hydrogen-bond acceptors (Lipinski definition) is 5. The fraction of sp³-hybridized carbons (Fsp3) is 0.706. The zero-order chi connectivity index (χ0) is 15.6. The summed E-state index contributed by atoms with van der Waals surface area (Å²) in [6.07, 6.45) is 3.51. The maximum atomic E-state index is 10.0. The Hall–Kier alpha value is -1.33. The molecule has 0 aromatic carbocycles. The molecule has 22 heavy (non-hydrogen) atoms. The van der Waals surface area contributed by atoms with Crippen LogP contribution in [0.25, 0.3) is 0 Å². The molecule has 2 aliphatic rings. The number of aliphatic hydroxyl groups is 1. The van der Waals surface area contributed by atoms with Crippen molar-refractivity contribution in [2.45, 2.75) is 51.2 Å². The molecule has 1 saturated carbocycles. The van der Waals surface area contributed by atoms with Crippen LogP contribution in [0.4, 0.5) is 5.82 Å². The number of anilines is 1. The van der Waals surface area contributed by atoms with Crippen LogP contribution in [-0.4, -0.2) is 48.1 Å². The minimum atomic E-state index is -0.529. The molecule has 1 aromatic heterocycles. The number of nitrogens with zero attached hydrogens (tertiary/aromatic N) is 2. The molecule has 2 heterocycles. The van der Waals surface area contributed by atoms with E-state index in [0.717, 1.165) is 63.4 Å². The van der Waals surface area contributed by atoms with Gasteiger partial charge in [-0.25, -0.2) is 0 Å². The summed E-state index contributed by atoms with van der Waals surface area (Å²) in [5.74, 6) is 1.68. The molecule has 0 spiro atoms. The van der Waals surface area contributed by atoms with Gasteiger partial charge < -0.3 is 19.5 Å². The van der Waals surface area contributed by atoms with Gasteiger partial charge in [-0.05, 0) is 51.2 Å². The van der Waals surface area contributed by atoms with Gasteiger partial charge in [-0.15, -0.1) is 0 Å². The highest BCUT2D eigenvalue weighted by Gasteiger charge is 2.30. The van der Waals surface area contributed by atoms with Gasteiger partial charge >= 0.3 is 0 Å². The first-order chi connectivity index (χ1) is 10.5. The molecule has 0 unspecified atom stereocenters. The van der Waals surface area contributed by atoms with Crippen molar-refractivity contribution >= 4 is 5.82 Å². The van der Waals surface area contributed by atoms with Crippen LogP contribution in [-0.2, 0) is 4.74 Å². The molecular formula is C17H26N2O3. The van der Waals surface area contributed by atoms with Gasteiger partial charge in [0.1, 0.15) is 11.9 Å². The van der Waals surface area contributed by atoms with Crippen LogP contribution in [0, 0.1) is 6.92 Å². The van der Waals surface area contributed by atoms with Crippen LogP contribution in [0.15, 0.2) is 12.1 Å². The average Bonchev–Trinajstić information content (AvgIpc) is 2.50. The van der Waals surface area contributed by atoms with Gasteiger partial charge in [0.15, 0.2) is 0 Å². The normalized spacial score (nSPS) is 29.4. The lowest BCUT2D eigenvalue weighted by Crippen LogP contribution is -2.37. The number of hydrogen-bond donors (Lipinski definition) is 1. The molecule has 1 N–H and O–H groups in total. The lowest BCUT2D eigenvalue weighted by Gasteiger charge is -2.33. The lowest BCUT2D eigenvalue weighted by molar-refractivity contribution is -0.0117. The highest BCUT2D eigenvalue weighted by Crippen LogP contribution is 2.30. The number of aryl methyl sites for hydroxylation is 1. The van der Waals surface area contributed by atoms with Crippen molar-refractivity contribution in [3.05, 3.63) is 17.7 Å². The number of morpholine rings is 1. The Kier molecular flexibility index (Phi) is 4.54. The molecule has 0 atom stereocenters. The first-order valence-electron chi connectivity index (χ1n) is 8.22. The summed E-state index contributed by atoms with van der Waals surface area (Å²) < 4.78 is 11.5. The lowest BCUT2D eigenvalue weighted by atomic mass is 9.85. The summed E-state index contributed by atoms with van der Waals surface area (Å²) in [4.78, 5) is 6.92. The molecule has 0 radical (unpaired) electrons. The number of ether oxygens (including phenoxy) is 2. The van der Waals surface area contributed by atoms with Gasteiger partial charge in [0.25, 0.3) is 0 Å². The van der Waals surface area contributed by atoms with E-state index in [4.69, 9.17) is 9.47 Å². The van der Waals surface area contributed by atoms with Crippen LogP contribution >= 0.6 is 0 Å². The highest BCUT2D eigenvalue weighted by molar-refractivity contribution is 5.44. The van der Waals surface area contributed by atoms with Crippen molar-refractivity contribution in [3.63, 3.8) is 0 Å². The molecule has 1 aliphatic carbocycles. The Labute approximate surface area is 132 Å². The van der Waals surface area contributed by atoms with Gasteiger partial charge in [0.2, 0.25) is 5.88 Å². The second-order valence-corrected chi connectivity index (χ2v) is 6.75. The summed E-state index contributed by atoms with van der Waals surface area (Å²) in [7, 11) is 0. The number of rotatable bonds is 3. The van der Waals surface area contributed by atoms with Crippen molar-refractivity contribution in [3.8, 4) is 5.88 Å². The molecule has 5 heteroatoms. The fourth-order valence-corrected chi connectivity index (χ4v) is 3.13. The smallest absolute Gasteiger partial charge is 0.215 e. The molecule has 1 aromatic rings. The highest BCUT2D eigenvalue weighted by atomic mass is 16.5. The summed E-state index contributed by atoms with van der Waals surface area (Å²) in [5, 5.41) is 10.0. The second kappa shape index (κ2) is 6.42. The minimum Gasteiger partial charge on any atom is -0.474 e. The van der Waals surface area contributed by atoms with E-state index >= 15 is 0 Å². The number of aromatic nitrogens is 1. The Bertz CT molecular complexity index is 503. The van der Waals surface area contributed by atoms with E-state index in [1.807, 2.05) is 13.0 Å². The summed E-state index contributed by atoms with van der Waals surface area (Å²) in [5.41, 5.74) is 0.632. The molecular weight excluding hydrogens is 280 g/mol. The minimum absolute atomic E-state index is 0.159. The predicted octanol–water partition coefficient (Wildman–Crippen LogP) is 2.30. The first-order valence-corrected chi connectivity index (χ1v) is 8.22. The Morgan fingerprint density at radius 3 is 2.64 bits per heavy atom. The fourth-order valence-electron chi connectivity index (χ4n) is 3.13. The van der Waals surface area contributed by atoms with Gasteiger partial charge in [-0.2, -0.15) is 4.98 Å². The van der Waals surface area contributed by atoms with E-state index in [-0.39, 0.29) is 6.10 Å². The van der Waals surface area contributed by atoms with E-state index in [9.17, 15) is 5.11 Å². The van der Waals surface area contributed by atoms with E-state index in [1.54, 1.807) is 0 Å². The van der Waals surface area contributed by atoms with E-state index in [0.29, 0.717) is 5.88 Å². The van der Waals surface area contributed by atoms with Crippen molar-refractivity contribution in [2.24, 2.45) is 0 Å². The quantitative estimate of drug-likeness (QED) is 0.928. The van der Waals surface area contributed by atoms with Crippen LogP contribution in [0.2, 0.25) is 0 Å². The van der Waals surface area contributed by atoms with Gasteiger partial charge in [0, 0.05) is 19.2 Å². The summed E-state index contributed by atoms with van der Waals surface area (Å²) in [6, 6.07) is 4.10. The number of pyridine rings is 1. The van der Waals surface area contributed by atoms with E-state index in [1.165, 1.54) is 0 Å². The van der Waals surface area contributed by atoms with E-state index in [2.05, 4.69) is 22.9 Å². The molecule has 1 saturated heterocycles. The molecule has 3 rings (SSSR count). The summed E-state index contributed by atoms with van der Waals surface area (Å²) in [6.45, 7) is 7.24. The summed E-state index contributed by atoms with van der Waals surface area (Å²) >= 11 is 0. The first kappa shape index (κ1) is 15.6. The van der Waals surface area contributed by atoms with E-state index < -0.39 is 5.60 Å². The third kappa shape index (κ3) is 3.90. The largest absolute Gasteiger partial charge is 0.474 e. The topological polar surface area (TPSA) is 54.8 Å². The SMILES string of the molecule is Cc1cc(OC2CCC(C)(O)CC2)nc(N2CCOCC2)c1. The maximum Gasteiger partial charge on any atom is 0.215 e. The van der Waals surface area contributed by atoms with Gasteiger partial charge in [-0.1, -0.05) is 0 Å². The van der Waals surface area contributed by atoms with Crippen LogP contribution in [0.1, 0.15) is 38.2 Å². The Morgan fingerprint density at radius 2 is 1.95 bits per heavy atom. The van der Waals surface area contributed by atoms with Crippen LogP contribution in [0.5, 0.6) is 5.88 Å². The standard InChI is InChI=1S/C17H26N2O3/c1-13-11-15(19-7-9-21-10-8-19)18-16(12-13)22-14-3-5-17(2,20)6-4-14/h11-12,14,20H,3-10H2,1-2H3. The molecule has 5 nitrogen and oxygen atoms in total. The van der Waals surface area contributed by atoms with Crippen LogP contribution < -0.4 is 9.64 Å². The predicted molar refractivity (Wildman–Crippen MR) is 85.5 cm³/mol. The average molecular weight is 306 g/mol. The maximum absolute atomic E-state index is 10.0. The van der Waals surface area contributed by atoms with Gasteiger partial charge in [0.05, 0.1) is 18.8 Å². The van der Waals surface area contributed by atoms with Crippen molar-refractivity contribution in [1.29, 1.82) is 0 Å². The third-order valence-electron chi connectivity index (χ3n) is 4.56.